The molecule has 10 heavy (non-hydrogen) atoms. The van der Waals surface area contributed by atoms with Crippen LogP contribution in [0.5, 0.6) is 0 Å². The molecule has 2 N–H and O–H groups in total. The number of nitrogens with zero attached hydrogens (tertiary/aromatic N) is 1. The van der Waals surface area contributed by atoms with E-state index in [0.29, 0.717) is 5.92 Å². The van der Waals surface area contributed by atoms with E-state index in [2.05, 4.69) is 6.92 Å². The van der Waals surface area contributed by atoms with Gasteiger partial charge < -0.3 is 10.6 Å². The van der Waals surface area contributed by atoms with Crippen LogP contribution in [0.1, 0.15) is 13.3 Å². The average molecular weight is 142 g/mol. The first-order chi connectivity index (χ1) is 4.61. The first kappa shape index (κ1) is 7.38. The fourth-order valence-electron chi connectivity index (χ4n) is 1.10. The van der Waals surface area contributed by atoms with Gasteiger partial charge in [-0.15, -0.1) is 0 Å². The lowest BCUT2D eigenvalue weighted by atomic mass is 10.3. The lowest BCUT2D eigenvalue weighted by Gasteiger charge is -2.12. The van der Waals surface area contributed by atoms with Gasteiger partial charge in [0.05, 0.1) is 0 Å². The maximum atomic E-state index is 10.5. The second-order valence-electron chi connectivity index (χ2n) is 3.19. The van der Waals surface area contributed by atoms with E-state index in [9.17, 15) is 4.79 Å². The second-order valence-corrected chi connectivity index (χ2v) is 3.19. The summed E-state index contributed by atoms with van der Waals surface area (Å²) in [6, 6.07) is -0.320. The summed E-state index contributed by atoms with van der Waals surface area (Å²) >= 11 is 0. The third kappa shape index (κ3) is 1.62. The van der Waals surface area contributed by atoms with Crippen molar-refractivity contribution in [2.24, 2.45) is 17.6 Å². The van der Waals surface area contributed by atoms with Crippen molar-refractivity contribution < 1.29 is 4.79 Å². The molecule has 0 saturated heterocycles. The van der Waals surface area contributed by atoms with Gasteiger partial charge in [-0.3, -0.25) is 0 Å². The topological polar surface area (TPSA) is 46.3 Å². The molecule has 0 aliphatic heterocycles. The normalized spacial score (nSPS) is 29.8. The summed E-state index contributed by atoms with van der Waals surface area (Å²) in [6.45, 7) is 3.02. The summed E-state index contributed by atoms with van der Waals surface area (Å²) in [5, 5.41) is 0. The van der Waals surface area contributed by atoms with Crippen LogP contribution in [-0.4, -0.2) is 24.5 Å². The number of hydrogen-bond donors (Lipinski definition) is 1. The Morgan fingerprint density at radius 2 is 2.30 bits per heavy atom. The van der Waals surface area contributed by atoms with Crippen molar-refractivity contribution in [2.45, 2.75) is 13.3 Å². The Bertz CT molecular complexity index is 147. The molecule has 1 aliphatic rings. The van der Waals surface area contributed by atoms with E-state index in [1.54, 1.807) is 11.9 Å². The van der Waals surface area contributed by atoms with Crippen LogP contribution in [-0.2, 0) is 0 Å². The van der Waals surface area contributed by atoms with Gasteiger partial charge in [0.1, 0.15) is 0 Å². The van der Waals surface area contributed by atoms with Crippen molar-refractivity contribution in [3.63, 3.8) is 0 Å². The number of nitrogens with two attached hydrogens (primary N) is 1. The Kier molecular flexibility index (Phi) is 1.83. The molecule has 1 saturated carbocycles. The number of carbonyl (C=O) groups excluding carboxylic acids is 1. The highest BCUT2D eigenvalue weighted by Gasteiger charge is 2.33. The molecule has 0 aromatic rings. The monoisotopic (exact) mass is 142 g/mol. The molecular formula is C7H14N2O. The molecule has 1 rings (SSSR count). The fourth-order valence-corrected chi connectivity index (χ4v) is 1.10. The van der Waals surface area contributed by atoms with E-state index in [-0.39, 0.29) is 6.03 Å². The molecule has 0 spiro atoms. The van der Waals surface area contributed by atoms with Gasteiger partial charge in [-0.2, -0.15) is 0 Å². The van der Waals surface area contributed by atoms with E-state index in [4.69, 9.17) is 5.73 Å². The highest BCUT2D eigenvalue weighted by atomic mass is 16.2. The van der Waals surface area contributed by atoms with Crippen molar-refractivity contribution >= 4 is 6.03 Å². The van der Waals surface area contributed by atoms with Crippen LogP contribution in [0, 0.1) is 11.8 Å². The standard InChI is InChI=1S/C7H14N2O/c1-5-3-6(5)4-9(2)7(8)10/h5-6H,3-4H2,1-2H3,(H2,8,10). The van der Waals surface area contributed by atoms with Crippen LogP contribution in [0.3, 0.4) is 0 Å². The van der Waals surface area contributed by atoms with Gasteiger partial charge in [0.25, 0.3) is 0 Å². The first-order valence-corrected chi connectivity index (χ1v) is 3.62. The van der Waals surface area contributed by atoms with Gasteiger partial charge in [-0.05, 0) is 18.3 Å². The van der Waals surface area contributed by atoms with Gasteiger partial charge in [-0.1, -0.05) is 6.92 Å². The zero-order valence-corrected chi connectivity index (χ0v) is 6.50. The predicted molar refractivity (Wildman–Crippen MR) is 39.5 cm³/mol. The summed E-state index contributed by atoms with van der Waals surface area (Å²) < 4.78 is 0. The summed E-state index contributed by atoms with van der Waals surface area (Å²) in [5.74, 6) is 1.50. The molecule has 2 amide bonds. The summed E-state index contributed by atoms with van der Waals surface area (Å²) in [7, 11) is 1.74. The zero-order chi connectivity index (χ0) is 7.72. The lowest BCUT2D eigenvalue weighted by molar-refractivity contribution is 0.216. The molecule has 0 bridgehead atoms. The number of hydrogen-bond acceptors (Lipinski definition) is 1. The van der Waals surface area contributed by atoms with Crippen LogP contribution in [0.2, 0.25) is 0 Å². The van der Waals surface area contributed by atoms with Crippen molar-refractivity contribution in [2.75, 3.05) is 13.6 Å². The Hall–Kier alpha value is -0.730. The number of urea groups is 1. The minimum absolute atomic E-state index is 0.320. The van der Waals surface area contributed by atoms with E-state index in [0.717, 1.165) is 12.5 Å². The van der Waals surface area contributed by atoms with E-state index in [1.807, 2.05) is 0 Å². The Labute approximate surface area is 61.2 Å². The second kappa shape index (κ2) is 2.48. The highest BCUT2D eigenvalue weighted by molar-refractivity contribution is 5.71. The van der Waals surface area contributed by atoms with Crippen molar-refractivity contribution in [1.29, 1.82) is 0 Å². The van der Waals surface area contributed by atoms with Crippen molar-refractivity contribution in [3.05, 3.63) is 0 Å². The molecule has 58 valence electrons. The Morgan fingerprint density at radius 3 is 2.60 bits per heavy atom. The lowest BCUT2D eigenvalue weighted by Crippen LogP contribution is -2.33. The zero-order valence-electron chi connectivity index (χ0n) is 6.50. The fraction of sp³-hybridized carbons (Fsp3) is 0.857. The number of amides is 2. The quantitative estimate of drug-likeness (QED) is 0.604. The smallest absolute Gasteiger partial charge is 0.314 e. The summed E-state index contributed by atoms with van der Waals surface area (Å²) in [6.07, 6.45) is 1.25. The average Bonchev–Trinajstić information content (AvgIpc) is 2.46. The van der Waals surface area contributed by atoms with Crippen molar-refractivity contribution in [3.8, 4) is 0 Å². The third-order valence-corrected chi connectivity index (χ3v) is 2.16. The molecule has 1 aliphatic carbocycles. The first-order valence-electron chi connectivity index (χ1n) is 3.62. The van der Waals surface area contributed by atoms with Gasteiger partial charge >= 0.3 is 6.03 Å². The largest absolute Gasteiger partial charge is 0.351 e. The molecule has 3 heteroatoms. The van der Waals surface area contributed by atoms with Gasteiger partial charge in [0.15, 0.2) is 0 Å². The molecule has 0 radical (unpaired) electrons. The van der Waals surface area contributed by atoms with Crippen LogP contribution in [0.25, 0.3) is 0 Å². The SMILES string of the molecule is CC1CC1CN(C)C(N)=O. The maximum Gasteiger partial charge on any atom is 0.314 e. The minimum atomic E-state index is -0.320. The van der Waals surface area contributed by atoms with E-state index < -0.39 is 0 Å². The molecule has 2 atom stereocenters. The molecular weight excluding hydrogens is 128 g/mol. The minimum Gasteiger partial charge on any atom is -0.351 e. The summed E-state index contributed by atoms with van der Waals surface area (Å²) in [4.78, 5) is 12.1. The molecule has 1 fully saturated rings. The molecule has 3 nitrogen and oxygen atoms in total. The Balaban J connectivity index is 2.19. The number of rotatable bonds is 2. The highest BCUT2D eigenvalue weighted by Crippen LogP contribution is 2.37. The van der Waals surface area contributed by atoms with E-state index in [1.165, 1.54) is 6.42 Å². The van der Waals surface area contributed by atoms with Crippen LogP contribution >= 0.6 is 0 Å². The van der Waals surface area contributed by atoms with Crippen molar-refractivity contribution in [1.82, 2.24) is 4.90 Å². The van der Waals surface area contributed by atoms with Crippen LogP contribution < -0.4 is 5.73 Å². The third-order valence-electron chi connectivity index (χ3n) is 2.16. The number of carbonyl (C=O) groups is 1. The maximum absolute atomic E-state index is 10.5. The molecule has 0 aromatic heterocycles. The van der Waals surface area contributed by atoms with E-state index >= 15 is 0 Å². The van der Waals surface area contributed by atoms with Crippen LogP contribution in [0.15, 0.2) is 0 Å². The molecule has 0 heterocycles. The number of primary amides is 1. The Morgan fingerprint density at radius 1 is 1.80 bits per heavy atom. The van der Waals surface area contributed by atoms with Crippen LogP contribution in [0.4, 0.5) is 4.79 Å². The summed E-state index contributed by atoms with van der Waals surface area (Å²) in [5.41, 5.74) is 5.04. The molecule has 0 aromatic carbocycles. The van der Waals surface area contributed by atoms with Gasteiger partial charge in [-0.25, -0.2) is 4.79 Å². The molecule has 2 unspecified atom stereocenters. The predicted octanol–water partition coefficient (Wildman–Crippen LogP) is 0.653. The van der Waals surface area contributed by atoms with Gasteiger partial charge in [0.2, 0.25) is 0 Å². The van der Waals surface area contributed by atoms with Gasteiger partial charge in [0, 0.05) is 13.6 Å².